The van der Waals surface area contributed by atoms with Crippen molar-refractivity contribution in [2.45, 2.75) is 39.3 Å². The van der Waals surface area contributed by atoms with E-state index in [0.29, 0.717) is 16.5 Å². The summed E-state index contributed by atoms with van der Waals surface area (Å²) in [6.07, 6.45) is 1.75. The fourth-order valence-corrected chi connectivity index (χ4v) is 3.74. The molecule has 1 aliphatic rings. The smallest absolute Gasteiger partial charge is 0.261 e. The van der Waals surface area contributed by atoms with Crippen LogP contribution in [0.5, 0.6) is 0 Å². The molecule has 2 aromatic carbocycles. The van der Waals surface area contributed by atoms with Gasteiger partial charge in [0.15, 0.2) is 0 Å². The topological polar surface area (TPSA) is 64.0 Å². The van der Waals surface area contributed by atoms with Crippen molar-refractivity contribution in [3.8, 4) is 0 Å². The van der Waals surface area contributed by atoms with Crippen molar-refractivity contribution in [2.75, 3.05) is 0 Å². The van der Waals surface area contributed by atoms with Crippen LogP contribution in [0.15, 0.2) is 53.3 Å². The van der Waals surface area contributed by atoms with Crippen molar-refractivity contribution in [2.24, 2.45) is 5.92 Å². The molecule has 0 radical (unpaired) electrons. The minimum Gasteiger partial charge on any atom is -0.345 e. The van der Waals surface area contributed by atoms with E-state index < -0.39 is 0 Å². The Kier molecular flexibility index (Phi) is 4.52. The number of benzene rings is 2. The second-order valence-electron chi connectivity index (χ2n) is 7.43. The molecule has 138 valence electrons. The fourth-order valence-electron chi connectivity index (χ4n) is 3.74. The summed E-state index contributed by atoms with van der Waals surface area (Å²) in [5.74, 6) is 0.916. The number of aryl methyl sites for hydroxylation is 1. The molecule has 5 heteroatoms. The number of carbonyl (C=O) groups excluding carboxylic acids is 1. The van der Waals surface area contributed by atoms with Crippen LogP contribution < -0.4 is 10.9 Å². The van der Waals surface area contributed by atoms with Gasteiger partial charge in [0.25, 0.3) is 11.5 Å². The number of aromatic nitrogens is 2. The summed E-state index contributed by atoms with van der Waals surface area (Å²) < 4.78 is 1.74. The van der Waals surface area contributed by atoms with Crippen molar-refractivity contribution in [1.82, 2.24) is 14.9 Å². The zero-order chi connectivity index (χ0) is 19.0. The summed E-state index contributed by atoms with van der Waals surface area (Å²) in [6.45, 7) is 4.90. The summed E-state index contributed by atoms with van der Waals surface area (Å²) in [7, 11) is 0. The number of hydrogen-bond acceptors (Lipinski definition) is 3. The molecule has 0 fully saturated rings. The molecule has 3 aromatic rings. The van der Waals surface area contributed by atoms with Crippen LogP contribution in [0.4, 0.5) is 0 Å². The number of nitrogens with one attached hydrogen (secondary N) is 1. The molecule has 0 saturated carbocycles. The SMILES string of the molecule is CC(C)C(NC(=O)c1ccc2c(=O)n3c(nc2c1)CCC3)c1ccccc1. The van der Waals surface area contributed by atoms with E-state index in [-0.39, 0.29) is 23.4 Å². The van der Waals surface area contributed by atoms with Gasteiger partial charge in [-0.15, -0.1) is 0 Å². The van der Waals surface area contributed by atoms with Crippen molar-refractivity contribution in [1.29, 1.82) is 0 Å². The van der Waals surface area contributed by atoms with Gasteiger partial charge >= 0.3 is 0 Å². The summed E-state index contributed by atoms with van der Waals surface area (Å²) in [5, 5.41) is 3.70. The van der Waals surface area contributed by atoms with Gasteiger partial charge in [-0.25, -0.2) is 4.98 Å². The van der Waals surface area contributed by atoms with Crippen LogP contribution in [-0.4, -0.2) is 15.5 Å². The van der Waals surface area contributed by atoms with Crippen molar-refractivity contribution < 1.29 is 4.79 Å². The molecule has 27 heavy (non-hydrogen) atoms. The normalized spacial score (nSPS) is 14.3. The Bertz CT molecular complexity index is 1050. The number of amides is 1. The molecule has 0 bridgehead atoms. The van der Waals surface area contributed by atoms with Crippen LogP contribution in [0.3, 0.4) is 0 Å². The molecular formula is C22H23N3O2. The van der Waals surface area contributed by atoms with E-state index in [0.717, 1.165) is 30.8 Å². The first-order valence-corrected chi connectivity index (χ1v) is 9.44. The number of rotatable bonds is 4. The summed E-state index contributed by atoms with van der Waals surface area (Å²) >= 11 is 0. The maximum absolute atomic E-state index is 12.9. The maximum Gasteiger partial charge on any atom is 0.261 e. The van der Waals surface area contributed by atoms with Gasteiger partial charge in [-0.3, -0.25) is 14.2 Å². The highest BCUT2D eigenvalue weighted by molar-refractivity contribution is 5.97. The third-order valence-corrected chi connectivity index (χ3v) is 5.19. The van der Waals surface area contributed by atoms with Crippen molar-refractivity contribution in [3.05, 3.63) is 75.8 Å². The van der Waals surface area contributed by atoms with Gasteiger partial charge in [0.2, 0.25) is 0 Å². The quantitative estimate of drug-likeness (QED) is 0.774. The lowest BCUT2D eigenvalue weighted by molar-refractivity contribution is 0.0925. The highest BCUT2D eigenvalue weighted by atomic mass is 16.1. The monoisotopic (exact) mass is 361 g/mol. The highest BCUT2D eigenvalue weighted by Gasteiger charge is 2.20. The molecule has 1 aliphatic heterocycles. The Hall–Kier alpha value is -2.95. The van der Waals surface area contributed by atoms with Crippen LogP contribution in [0, 0.1) is 5.92 Å². The second kappa shape index (κ2) is 6.99. The maximum atomic E-state index is 12.9. The molecule has 5 nitrogen and oxygen atoms in total. The first-order chi connectivity index (χ1) is 13.0. The predicted octanol–water partition coefficient (Wildman–Crippen LogP) is 3.47. The Labute approximate surface area is 158 Å². The number of hydrogen-bond donors (Lipinski definition) is 1. The van der Waals surface area contributed by atoms with Gasteiger partial charge < -0.3 is 5.32 Å². The zero-order valence-corrected chi connectivity index (χ0v) is 15.6. The molecule has 0 aliphatic carbocycles. The highest BCUT2D eigenvalue weighted by Crippen LogP contribution is 2.22. The van der Waals surface area contributed by atoms with Crippen LogP contribution in [0.1, 0.15) is 48.1 Å². The number of fused-ring (bicyclic) bond motifs is 2. The lowest BCUT2D eigenvalue weighted by Crippen LogP contribution is -2.31. The van der Waals surface area contributed by atoms with Crippen LogP contribution in [-0.2, 0) is 13.0 Å². The van der Waals surface area contributed by atoms with Gasteiger partial charge in [0, 0.05) is 18.5 Å². The molecular weight excluding hydrogens is 338 g/mol. The molecule has 0 saturated heterocycles. The zero-order valence-electron chi connectivity index (χ0n) is 15.6. The third-order valence-electron chi connectivity index (χ3n) is 5.19. The first kappa shape index (κ1) is 17.5. The Morgan fingerprint density at radius 2 is 1.93 bits per heavy atom. The molecule has 1 atom stereocenters. The van der Waals surface area contributed by atoms with E-state index in [9.17, 15) is 9.59 Å². The Balaban J connectivity index is 1.66. The van der Waals surface area contributed by atoms with Crippen LogP contribution in [0.2, 0.25) is 0 Å². The van der Waals surface area contributed by atoms with E-state index >= 15 is 0 Å². The van der Waals surface area contributed by atoms with Gasteiger partial charge in [-0.1, -0.05) is 44.2 Å². The molecule has 2 heterocycles. The Morgan fingerprint density at radius 3 is 2.67 bits per heavy atom. The van der Waals surface area contributed by atoms with Crippen molar-refractivity contribution in [3.63, 3.8) is 0 Å². The van der Waals surface area contributed by atoms with Crippen molar-refractivity contribution >= 4 is 16.8 Å². The van der Waals surface area contributed by atoms with E-state index in [4.69, 9.17) is 0 Å². The molecule has 1 N–H and O–H groups in total. The largest absolute Gasteiger partial charge is 0.345 e. The van der Waals surface area contributed by atoms with E-state index in [1.807, 2.05) is 30.3 Å². The summed E-state index contributed by atoms with van der Waals surface area (Å²) in [5.41, 5.74) is 2.19. The number of carbonyl (C=O) groups is 1. The fraction of sp³-hybridized carbons (Fsp3) is 0.318. The van der Waals surface area contributed by atoms with E-state index in [1.165, 1.54) is 0 Å². The molecule has 1 aromatic heterocycles. The second-order valence-corrected chi connectivity index (χ2v) is 7.43. The molecule has 1 amide bonds. The molecule has 1 unspecified atom stereocenters. The predicted molar refractivity (Wildman–Crippen MR) is 106 cm³/mol. The average molecular weight is 361 g/mol. The van der Waals surface area contributed by atoms with Gasteiger partial charge in [-0.05, 0) is 36.1 Å². The first-order valence-electron chi connectivity index (χ1n) is 9.44. The minimum atomic E-state index is -0.151. The summed E-state index contributed by atoms with van der Waals surface area (Å²) in [4.78, 5) is 30.1. The number of nitrogens with zero attached hydrogens (tertiary/aromatic N) is 2. The van der Waals surface area contributed by atoms with Gasteiger partial charge in [-0.2, -0.15) is 0 Å². The van der Waals surface area contributed by atoms with Crippen LogP contribution >= 0.6 is 0 Å². The standard InChI is InChI=1S/C22H23N3O2/c1-14(2)20(15-7-4-3-5-8-15)24-21(26)16-10-11-17-18(13-16)23-19-9-6-12-25(19)22(17)27/h3-5,7-8,10-11,13-14,20H,6,9,12H2,1-2H3,(H,24,26). The van der Waals surface area contributed by atoms with E-state index in [1.54, 1.807) is 22.8 Å². The van der Waals surface area contributed by atoms with Gasteiger partial charge in [0.1, 0.15) is 5.82 Å². The van der Waals surface area contributed by atoms with Crippen LogP contribution in [0.25, 0.3) is 10.9 Å². The minimum absolute atomic E-state index is 0.0104. The third kappa shape index (κ3) is 3.25. The molecule has 4 rings (SSSR count). The van der Waals surface area contributed by atoms with E-state index in [2.05, 4.69) is 24.1 Å². The molecule has 0 spiro atoms. The summed E-state index contributed by atoms with van der Waals surface area (Å²) in [6, 6.07) is 15.1. The van der Waals surface area contributed by atoms with Gasteiger partial charge in [0.05, 0.1) is 16.9 Å². The Morgan fingerprint density at radius 1 is 1.15 bits per heavy atom. The lowest BCUT2D eigenvalue weighted by Gasteiger charge is -2.23. The average Bonchev–Trinajstić information content (AvgIpc) is 3.15. The lowest BCUT2D eigenvalue weighted by atomic mass is 9.95.